The van der Waals surface area contributed by atoms with Crippen molar-refractivity contribution in [2.24, 2.45) is 0 Å². The quantitative estimate of drug-likeness (QED) is 0.659. The zero-order valence-corrected chi connectivity index (χ0v) is 16.4. The topological polar surface area (TPSA) is 74.2 Å². The fourth-order valence-electron chi connectivity index (χ4n) is 1.95. The molecule has 2 N–H and O–H groups in total. The SMILES string of the molecule is COc1c(Br)cc(Br)cc1C(=O)NC(=S)Nc1ccccc1C#N. The summed E-state index contributed by atoms with van der Waals surface area (Å²) < 4.78 is 6.61. The van der Waals surface area contributed by atoms with Crippen molar-refractivity contribution < 1.29 is 9.53 Å². The molecule has 2 aromatic carbocycles. The fourth-order valence-corrected chi connectivity index (χ4v) is 3.54. The number of ether oxygens (including phenoxy) is 1. The van der Waals surface area contributed by atoms with Gasteiger partial charge in [-0.05, 0) is 52.4 Å². The van der Waals surface area contributed by atoms with Gasteiger partial charge in [0, 0.05) is 4.47 Å². The van der Waals surface area contributed by atoms with Crippen molar-refractivity contribution in [3.8, 4) is 11.8 Å². The van der Waals surface area contributed by atoms with E-state index in [9.17, 15) is 4.79 Å². The lowest BCUT2D eigenvalue weighted by Crippen LogP contribution is -2.34. The van der Waals surface area contributed by atoms with E-state index in [2.05, 4.69) is 48.6 Å². The van der Waals surface area contributed by atoms with E-state index in [-0.39, 0.29) is 5.11 Å². The summed E-state index contributed by atoms with van der Waals surface area (Å²) in [4.78, 5) is 12.5. The summed E-state index contributed by atoms with van der Waals surface area (Å²) in [5.74, 6) is -0.0308. The number of anilines is 1. The zero-order valence-electron chi connectivity index (χ0n) is 12.4. The van der Waals surface area contributed by atoms with E-state index in [0.717, 1.165) is 0 Å². The molecule has 0 fully saturated rings. The maximum absolute atomic E-state index is 12.5. The molecule has 0 atom stereocenters. The van der Waals surface area contributed by atoms with Crippen molar-refractivity contribution in [2.75, 3.05) is 12.4 Å². The number of hydrogen-bond donors (Lipinski definition) is 2. The molecule has 0 unspecified atom stereocenters. The number of carbonyl (C=O) groups is 1. The van der Waals surface area contributed by atoms with E-state index >= 15 is 0 Å². The molecule has 0 heterocycles. The lowest BCUT2D eigenvalue weighted by atomic mass is 10.2. The van der Waals surface area contributed by atoms with Crippen LogP contribution in [0, 0.1) is 11.3 Å². The van der Waals surface area contributed by atoms with Crippen molar-refractivity contribution >= 4 is 60.8 Å². The van der Waals surface area contributed by atoms with Crippen LogP contribution in [0.15, 0.2) is 45.3 Å². The van der Waals surface area contributed by atoms with Crippen LogP contribution in [0.5, 0.6) is 5.75 Å². The van der Waals surface area contributed by atoms with Gasteiger partial charge < -0.3 is 10.1 Å². The van der Waals surface area contributed by atoms with Gasteiger partial charge in [0.1, 0.15) is 11.8 Å². The first kappa shape index (κ1) is 18.4. The van der Waals surface area contributed by atoms with Gasteiger partial charge in [0.15, 0.2) is 5.11 Å². The molecule has 5 nitrogen and oxygen atoms in total. The number of benzene rings is 2. The molecule has 122 valence electrons. The average molecular weight is 469 g/mol. The van der Waals surface area contributed by atoms with Crippen LogP contribution < -0.4 is 15.4 Å². The van der Waals surface area contributed by atoms with Crippen molar-refractivity contribution in [1.82, 2.24) is 5.32 Å². The highest BCUT2D eigenvalue weighted by Crippen LogP contribution is 2.32. The average Bonchev–Trinajstić information content (AvgIpc) is 2.54. The van der Waals surface area contributed by atoms with Gasteiger partial charge >= 0.3 is 0 Å². The Morgan fingerprint density at radius 3 is 2.67 bits per heavy atom. The Labute approximate surface area is 161 Å². The van der Waals surface area contributed by atoms with Crippen LogP contribution in [0.2, 0.25) is 0 Å². The van der Waals surface area contributed by atoms with E-state index in [1.807, 2.05) is 0 Å². The van der Waals surface area contributed by atoms with E-state index in [4.69, 9.17) is 22.2 Å². The van der Waals surface area contributed by atoms with Gasteiger partial charge in [-0.1, -0.05) is 28.1 Å². The molecular formula is C16H11Br2N3O2S. The number of methoxy groups -OCH3 is 1. The molecular weight excluding hydrogens is 458 g/mol. The molecule has 24 heavy (non-hydrogen) atoms. The van der Waals surface area contributed by atoms with E-state index in [1.165, 1.54) is 7.11 Å². The molecule has 0 spiro atoms. The van der Waals surface area contributed by atoms with Crippen LogP contribution in [0.1, 0.15) is 15.9 Å². The van der Waals surface area contributed by atoms with Crippen LogP contribution >= 0.6 is 44.1 Å². The maximum atomic E-state index is 12.5. The molecule has 0 aliphatic heterocycles. The molecule has 8 heteroatoms. The molecule has 2 rings (SSSR count). The number of nitrogens with one attached hydrogen (secondary N) is 2. The van der Waals surface area contributed by atoms with Crippen LogP contribution in [-0.4, -0.2) is 18.1 Å². The number of para-hydroxylation sites is 1. The second-order valence-corrected chi connectivity index (χ2v) is 6.71. The minimum absolute atomic E-state index is 0.0841. The molecule has 0 aromatic heterocycles. The standard InChI is InChI=1S/C16H11Br2N3O2S/c1-23-14-11(6-10(17)7-12(14)18)15(22)21-16(24)20-13-5-3-2-4-9(13)8-19/h2-7H,1H3,(H2,20,21,22,24). The lowest BCUT2D eigenvalue weighted by molar-refractivity contribution is 0.0974. The highest BCUT2D eigenvalue weighted by Gasteiger charge is 2.17. The third kappa shape index (κ3) is 4.32. The number of hydrogen-bond acceptors (Lipinski definition) is 4. The Morgan fingerprint density at radius 1 is 1.29 bits per heavy atom. The normalized spacial score (nSPS) is 9.75. The minimum Gasteiger partial charge on any atom is -0.495 e. The molecule has 2 aromatic rings. The van der Waals surface area contributed by atoms with E-state index in [1.54, 1.807) is 36.4 Å². The fraction of sp³-hybridized carbons (Fsp3) is 0.0625. The molecule has 0 saturated heterocycles. The lowest BCUT2D eigenvalue weighted by Gasteiger charge is -2.13. The van der Waals surface area contributed by atoms with Gasteiger partial charge in [-0.2, -0.15) is 5.26 Å². The maximum Gasteiger partial charge on any atom is 0.261 e. The summed E-state index contributed by atoms with van der Waals surface area (Å²) in [6.07, 6.45) is 0. The van der Waals surface area contributed by atoms with E-state index in [0.29, 0.717) is 31.5 Å². The second-order valence-electron chi connectivity index (χ2n) is 4.53. The van der Waals surface area contributed by atoms with E-state index < -0.39 is 5.91 Å². The smallest absolute Gasteiger partial charge is 0.261 e. The summed E-state index contributed by atoms with van der Waals surface area (Å²) in [6, 6.07) is 12.3. The summed E-state index contributed by atoms with van der Waals surface area (Å²) in [5.41, 5.74) is 1.26. The predicted molar refractivity (Wildman–Crippen MR) is 103 cm³/mol. The number of nitrogens with zero attached hydrogens (tertiary/aromatic N) is 1. The summed E-state index contributed by atoms with van der Waals surface area (Å²) >= 11 is 11.8. The Balaban J connectivity index is 2.18. The molecule has 0 saturated carbocycles. The summed E-state index contributed by atoms with van der Waals surface area (Å²) in [6.45, 7) is 0. The highest BCUT2D eigenvalue weighted by atomic mass is 79.9. The minimum atomic E-state index is -0.430. The molecule has 0 aliphatic carbocycles. The Bertz CT molecular complexity index is 850. The van der Waals surface area contributed by atoms with Gasteiger partial charge in [0.2, 0.25) is 0 Å². The highest BCUT2D eigenvalue weighted by molar-refractivity contribution is 9.11. The van der Waals surface area contributed by atoms with Crippen molar-refractivity contribution in [3.63, 3.8) is 0 Å². The third-order valence-electron chi connectivity index (χ3n) is 2.98. The Kier molecular flexibility index (Phi) is 6.31. The number of halogens is 2. The number of rotatable bonds is 3. The van der Waals surface area contributed by atoms with Crippen LogP contribution in [0.25, 0.3) is 0 Å². The number of nitriles is 1. The van der Waals surface area contributed by atoms with Gasteiger partial charge in [0.05, 0.1) is 28.4 Å². The van der Waals surface area contributed by atoms with Gasteiger partial charge in [-0.3, -0.25) is 10.1 Å². The largest absolute Gasteiger partial charge is 0.495 e. The monoisotopic (exact) mass is 467 g/mol. The van der Waals surface area contributed by atoms with Gasteiger partial charge in [0.25, 0.3) is 5.91 Å². The van der Waals surface area contributed by atoms with Crippen LogP contribution in [0.4, 0.5) is 5.69 Å². The molecule has 0 bridgehead atoms. The van der Waals surface area contributed by atoms with Crippen molar-refractivity contribution in [3.05, 3.63) is 56.5 Å². The number of amides is 1. The molecule has 0 aliphatic rings. The van der Waals surface area contributed by atoms with Crippen molar-refractivity contribution in [2.45, 2.75) is 0 Å². The van der Waals surface area contributed by atoms with Crippen LogP contribution in [-0.2, 0) is 0 Å². The number of thiocarbonyl (C=S) groups is 1. The predicted octanol–water partition coefficient (Wildman–Crippen LogP) is 4.22. The van der Waals surface area contributed by atoms with Gasteiger partial charge in [-0.25, -0.2) is 0 Å². The first-order valence-corrected chi connectivity index (χ1v) is 8.60. The number of carbonyl (C=O) groups excluding carboxylic acids is 1. The van der Waals surface area contributed by atoms with Gasteiger partial charge in [-0.15, -0.1) is 0 Å². The van der Waals surface area contributed by atoms with Crippen LogP contribution in [0.3, 0.4) is 0 Å². The molecule has 0 radical (unpaired) electrons. The Hall–Kier alpha value is -1.95. The first-order chi connectivity index (χ1) is 11.5. The first-order valence-electron chi connectivity index (χ1n) is 6.60. The summed E-state index contributed by atoms with van der Waals surface area (Å²) in [7, 11) is 1.48. The second kappa shape index (κ2) is 8.24. The third-order valence-corrected chi connectivity index (χ3v) is 4.23. The zero-order chi connectivity index (χ0) is 17.7. The molecule has 1 amide bonds. The Morgan fingerprint density at radius 2 is 2.00 bits per heavy atom. The van der Waals surface area contributed by atoms with Crippen molar-refractivity contribution in [1.29, 1.82) is 5.26 Å². The summed E-state index contributed by atoms with van der Waals surface area (Å²) in [5, 5.41) is 14.6.